The van der Waals surface area contributed by atoms with Crippen LogP contribution in [0.3, 0.4) is 0 Å². The molecule has 0 radical (unpaired) electrons. The predicted molar refractivity (Wildman–Crippen MR) is 128 cm³/mol. The van der Waals surface area contributed by atoms with Crippen LogP contribution >= 0.6 is 11.6 Å². The number of imide groups is 1. The van der Waals surface area contributed by atoms with Crippen LogP contribution in [0.2, 0.25) is 5.02 Å². The van der Waals surface area contributed by atoms with Gasteiger partial charge in [0.1, 0.15) is 12.4 Å². The van der Waals surface area contributed by atoms with Crippen molar-refractivity contribution in [2.75, 3.05) is 26.9 Å². The molecule has 3 rings (SSSR count). The second-order valence-corrected chi connectivity index (χ2v) is 8.60. The summed E-state index contributed by atoms with van der Waals surface area (Å²) in [4.78, 5) is 36.8. The maximum Gasteiger partial charge on any atom is 0.306 e. The lowest BCUT2D eigenvalue weighted by Crippen LogP contribution is -2.33. The van der Waals surface area contributed by atoms with Gasteiger partial charge in [0.2, 0.25) is 11.8 Å². The third kappa shape index (κ3) is 7.18. The maximum atomic E-state index is 14.1. The molecular weight excluding hydrogens is 477 g/mol. The van der Waals surface area contributed by atoms with Crippen molar-refractivity contribution in [3.63, 3.8) is 0 Å². The number of benzene rings is 2. The molecule has 0 N–H and O–H groups in total. The van der Waals surface area contributed by atoms with E-state index in [0.717, 1.165) is 5.56 Å². The Morgan fingerprint density at radius 3 is 2.51 bits per heavy atom. The van der Waals surface area contributed by atoms with Gasteiger partial charge in [-0.1, -0.05) is 23.7 Å². The minimum Gasteiger partial charge on any atom is -0.493 e. The lowest BCUT2D eigenvalue weighted by atomic mass is 9.89. The van der Waals surface area contributed by atoms with Gasteiger partial charge < -0.3 is 14.2 Å². The van der Waals surface area contributed by atoms with Crippen molar-refractivity contribution >= 4 is 29.4 Å². The minimum atomic E-state index is -0.529. The first kappa shape index (κ1) is 26.5. The average Bonchev–Trinajstić information content (AvgIpc) is 3.16. The molecule has 2 aromatic rings. The monoisotopic (exact) mass is 505 g/mol. The second-order valence-electron chi connectivity index (χ2n) is 8.19. The number of esters is 1. The molecule has 7 nitrogen and oxygen atoms in total. The number of carbonyl (C=O) groups is 3. The van der Waals surface area contributed by atoms with E-state index in [1.165, 1.54) is 24.1 Å². The molecule has 188 valence electrons. The van der Waals surface area contributed by atoms with E-state index in [4.69, 9.17) is 25.8 Å². The maximum absolute atomic E-state index is 14.1. The number of hydrogen-bond donors (Lipinski definition) is 0. The smallest absolute Gasteiger partial charge is 0.306 e. The normalized spacial score (nSPS) is 14.2. The van der Waals surface area contributed by atoms with Gasteiger partial charge >= 0.3 is 5.97 Å². The van der Waals surface area contributed by atoms with Crippen LogP contribution in [0.15, 0.2) is 36.4 Å². The van der Waals surface area contributed by atoms with Gasteiger partial charge in [-0.15, -0.1) is 0 Å². The molecule has 0 bridgehead atoms. The number of carbonyl (C=O) groups excluding carboxylic acids is 3. The van der Waals surface area contributed by atoms with Crippen molar-refractivity contribution in [1.29, 1.82) is 0 Å². The fraction of sp³-hybridized carbons (Fsp3) is 0.423. The van der Waals surface area contributed by atoms with Gasteiger partial charge in [-0.25, -0.2) is 4.39 Å². The summed E-state index contributed by atoms with van der Waals surface area (Å²) in [6.45, 7) is 2.37. The Kier molecular flexibility index (Phi) is 9.48. The summed E-state index contributed by atoms with van der Waals surface area (Å²) in [6.07, 6.45) is 1.79. The Hall–Kier alpha value is -3.13. The van der Waals surface area contributed by atoms with E-state index in [2.05, 4.69) is 0 Å². The Morgan fingerprint density at radius 2 is 1.86 bits per heavy atom. The van der Waals surface area contributed by atoms with Crippen molar-refractivity contribution in [2.24, 2.45) is 0 Å². The van der Waals surface area contributed by atoms with E-state index in [0.29, 0.717) is 29.9 Å². The van der Waals surface area contributed by atoms with E-state index in [9.17, 15) is 18.8 Å². The van der Waals surface area contributed by atoms with Crippen LogP contribution in [0.1, 0.15) is 49.7 Å². The number of likely N-dealkylation sites (tertiary alicyclic amines) is 1. The lowest BCUT2D eigenvalue weighted by Gasteiger charge is -2.18. The number of aryl methyl sites for hydroxylation is 1. The molecule has 35 heavy (non-hydrogen) atoms. The Labute approximate surface area is 209 Å². The number of hydrogen-bond acceptors (Lipinski definition) is 6. The van der Waals surface area contributed by atoms with Gasteiger partial charge in [0, 0.05) is 12.8 Å². The summed E-state index contributed by atoms with van der Waals surface area (Å²) >= 11 is 5.82. The van der Waals surface area contributed by atoms with Crippen molar-refractivity contribution in [3.8, 4) is 11.5 Å². The zero-order chi connectivity index (χ0) is 25.4. The van der Waals surface area contributed by atoms with E-state index < -0.39 is 5.82 Å². The van der Waals surface area contributed by atoms with Crippen LogP contribution in [0.5, 0.6) is 11.5 Å². The van der Waals surface area contributed by atoms with E-state index >= 15 is 0 Å². The first-order valence-electron chi connectivity index (χ1n) is 11.6. The molecule has 0 spiro atoms. The molecule has 1 aliphatic heterocycles. The lowest BCUT2D eigenvalue weighted by molar-refractivity contribution is -0.143. The molecule has 2 amide bonds. The summed E-state index contributed by atoms with van der Waals surface area (Å²) in [5, 5.41) is 0.0300. The standard InChI is InChI=1S/C26H29ClFNO6/c1-3-34-26(32)16-19(18-7-8-20(27)21(28)15-18)6-4-17-5-9-22(23(14-17)33-2)35-13-12-29-24(30)10-11-25(29)31/h5,7-9,14-15,19H,3-4,6,10-13,16H2,1-2H3. The molecule has 9 heteroatoms. The summed E-state index contributed by atoms with van der Waals surface area (Å²) in [5.74, 6) is -0.474. The molecule has 0 aliphatic carbocycles. The molecular formula is C26H29ClFNO6. The van der Waals surface area contributed by atoms with Crippen LogP contribution in [-0.2, 0) is 25.5 Å². The summed E-state index contributed by atoms with van der Waals surface area (Å²) in [7, 11) is 1.53. The fourth-order valence-electron chi connectivity index (χ4n) is 4.02. The summed E-state index contributed by atoms with van der Waals surface area (Å²) in [6, 6.07) is 10.1. The molecule has 1 aliphatic rings. The zero-order valence-electron chi connectivity index (χ0n) is 19.9. The van der Waals surface area contributed by atoms with E-state index in [1.807, 2.05) is 12.1 Å². The first-order chi connectivity index (χ1) is 16.8. The van der Waals surface area contributed by atoms with E-state index in [-0.39, 0.29) is 67.7 Å². The molecule has 1 heterocycles. The first-order valence-corrected chi connectivity index (χ1v) is 11.9. The van der Waals surface area contributed by atoms with E-state index in [1.54, 1.807) is 19.1 Å². The predicted octanol–water partition coefficient (Wildman–Crippen LogP) is 4.69. The molecule has 1 saturated heterocycles. The molecule has 2 aromatic carbocycles. The number of methoxy groups -OCH3 is 1. The highest BCUT2D eigenvalue weighted by atomic mass is 35.5. The minimum absolute atomic E-state index is 0.0300. The Balaban J connectivity index is 1.65. The molecule has 0 aromatic heterocycles. The number of amides is 2. The fourth-order valence-corrected chi connectivity index (χ4v) is 4.14. The largest absolute Gasteiger partial charge is 0.493 e. The molecule has 1 unspecified atom stereocenters. The van der Waals surface area contributed by atoms with Gasteiger partial charge in [-0.3, -0.25) is 19.3 Å². The third-order valence-electron chi connectivity index (χ3n) is 5.87. The van der Waals surface area contributed by atoms with Crippen molar-refractivity contribution < 1.29 is 33.0 Å². The average molecular weight is 506 g/mol. The van der Waals surface area contributed by atoms with Crippen molar-refractivity contribution in [2.45, 2.75) is 44.9 Å². The van der Waals surface area contributed by atoms with Crippen LogP contribution in [0.4, 0.5) is 4.39 Å². The van der Waals surface area contributed by atoms with Crippen LogP contribution in [-0.4, -0.2) is 49.6 Å². The molecule has 1 fully saturated rings. The second kappa shape index (κ2) is 12.5. The number of halogens is 2. The number of nitrogens with zero attached hydrogens (tertiary/aromatic N) is 1. The summed E-state index contributed by atoms with van der Waals surface area (Å²) in [5.41, 5.74) is 1.63. The van der Waals surface area contributed by atoms with Gasteiger partial charge in [0.25, 0.3) is 0 Å². The van der Waals surface area contributed by atoms with Crippen LogP contribution < -0.4 is 9.47 Å². The summed E-state index contributed by atoms with van der Waals surface area (Å²) < 4.78 is 30.4. The van der Waals surface area contributed by atoms with Gasteiger partial charge in [-0.2, -0.15) is 0 Å². The molecule has 1 atom stereocenters. The van der Waals surface area contributed by atoms with Gasteiger partial charge in [0.05, 0.1) is 31.7 Å². The Morgan fingerprint density at radius 1 is 1.11 bits per heavy atom. The van der Waals surface area contributed by atoms with Crippen LogP contribution in [0.25, 0.3) is 0 Å². The highest BCUT2D eigenvalue weighted by Crippen LogP contribution is 2.32. The van der Waals surface area contributed by atoms with Crippen molar-refractivity contribution in [1.82, 2.24) is 4.90 Å². The molecule has 0 saturated carbocycles. The van der Waals surface area contributed by atoms with Gasteiger partial charge in [0.15, 0.2) is 11.5 Å². The quantitative estimate of drug-likeness (QED) is 0.307. The highest BCUT2D eigenvalue weighted by molar-refractivity contribution is 6.30. The SMILES string of the molecule is CCOC(=O)CC(CCc1ccc(OCCN2C(=O)CCC2=O)c(OC)c1)c1ccc(Cl)c(F)c1. The Bertz CT molecular complexity index is 1060. The highest BCUT2D eigenvalue weighted by Gasteiger charge is 2.28. The third-order valence-corrected chi connectivity index (χ3v) is 6.18. The van der Waals surface area contributed by atoms with Gasteiger partial charge in [-0.05, 0) is 61.1 Å². The zero-order valence-corrected chi connectivity index (χ0v) is 20.6. The van der Waals surface area contributed by atoms with Crippen LogP contribution in [0, 0.1) is 5.82 Å². The van der Waals surface area contributed by atoms with Crippen molar-refractivity contribution in [3.05, 3.63) is 58.4 Å². The number of rotatable bonds is 12. The topological polar surface area (TPSA) is 82.1 Å². The number of ether oxygens (including phenoxy) is 3.